The van der Waals surface area contributed by atoms with E-state index in [1.54, 1.807) is 57.7 Å². The van der Waals surface area contributed by atoms with Crippen LogP contribution < -0.4 is 24.4 Å². The van der Waals surface area contributed by atoms with Crippen LogP contribution in [-0.2, 0) is 28.4 Å². The minimum atomic E-state index is -0.768. The molecule has 0 amide bonds. The van der Waals surface area contributed by atoms with Crippen molar-refractivity contribution in [2.24, 2.45) is 0 Å². The lowest BCUT2D eigenvalue weighted by molar-refractivity contribution is -0.0130. The van der Waals surface area contributed by atoms with Gasteiger partial charge in [-0.15, -0.1) is 0 Å². The number of hydrogen-bond acceptors (Lipinski definition) is 12. The molecule has 3 rings (SSSR count). The third-order valence-electron chi connectivity index (χ3n) is 6.15. The first-order chi connectivity index (χ1) is 21.3. The van der Waals surface area contributed by atoms with Gasteiger partial charge in [0.2, 0.25) is 5.43 Å². The molecule has 0 saturated carbocycles. The average Bonchev–Trinajstić information content (AvgIpc) is 3.01. The van der Waals surface area contributed by atoms with Crippen LogP contribution in [0.25, 0.3) is 22.1 Å². The second-order valence-electron chi connectivity index (χ2n) is 9.83. The van der Waals surface area contributed by atoms with Gasteiger partial charge in [-0.2, -0.15) is 0 Å². The molecule has 0 radical (unpaired) electrons. The van der Waals surface area contributed by atoms with Crippen LogP contribution in [0.4, 0.5) is 0 Å². The second-order valence-corrected chi connectivity index (χ2v) is 9.83. The molecular formula is C32H42O12. The molecule has 12 heteroatoms. The molecule has 0 spiro atoms. The van der Waals surface area contributed by atoms with E-state index >= 15 is 0 Å². The fourth-order valence-electron chi connectivity index (χ4n) is 3.70. The molecule has 0 atom stereocenters. The zero-order valence-electron chi connectivity index (χ0n) is 26.0. The summed E-state index contributed by atoms with van der Waals surface area (Å²) >= 11 is 0. The molecule has 2 aromatic carbocycles. The van der Waals surface area contributed by atoms with Crippen molar-refractivity contribution in [3.8, 4) is 34.1 Å². The molecule has 44 heavy (non-hydrogen) atoms. The standard InChI is InChI=1S/C32H42O12/c1-7-32(2,3)44-30-17-25(28(42-21-38-14-11-35-5)18-29(30)43-22-39-15-12-36-6)26-19-40-27-16-23(8-9-24(27)31(26)33)41-20-37-13-10-34-4/h7-9,16-19H,1,10-15,20-22H2,2-6H3. The van der Waals surface area contributed by atoms with Crippen molar-refractivity contribution in [1.29, 1.82) is 0 Å². The summed E-state index contributed by atoms with van der Waals surface area (Å²) in [5.41, 5.74) is -0.0634. The Balaban J connectivity index is 2.00. The van der Waals surface area contributed by atoms with Gasteiger partial charge in [-0.1, -0.05) is 6.58 Å². The summed E-state index contributed by atoms with van der Waals surface area (Å²) in [6, 6.07) is 8.21. The van der Waals surface area contributed by atoms with Crippen LogP contribution in [0.2, 0.25) is 0 Å². The highest BCUT2D eigenvalue weighted by molar-refractivity contribution is 5.84. The first-order valence-corrected chi connectivity index (χ1v) is 14.0. The van der Waals surface area contributed by atoms with Crippen molar-refractivity contribution < 1.29 is 51.8 Å². The highest BCUT2D eigenvalue weighted by Gasteiger charge is 2.23. The van der Waals surface area contributed by atoms with Gasteiger partial charge in [-0.05, 0) is 38.1 Å². The maximum Gasteiger partial charge on any atom is 0.200 e. The van der Waals surface area contributed by atoms with Crippen molar-refractivity contribution in [3.63, 3.8) is 0 Å². The Hall–Kier alpha value is -3.65. The number of hydrogen-bond donors (Lipinski definition) is 0. The first-order valence-electron chi connectivity index (χ1n) is 14.0. The highest BCUT2D eigenvalue weighted by atomic mass is 16.7. The van der Waals surface area contributed by atoms with Crippen LogP contribution in [0.3, 0.4) is 0 Å². The van der Waals surface area contributed by atoms with E-state index in [9.17, 15) is 4.79 Å². The highest BCUT2D eigenvalue weighted by Crippen LogP contribution is 2.41. The molecule has 242 valence electrons. The summed E-state index contributed by atoms with van der Waals surface area (Å²) in [6.07, 6.45) is 3.03. The molecule has 12 nitrogen and oxygen atoms in total. The number of methoxy groups -OCH3 is 3. The normalized spacial score (nSPS) is 11.5. The predicted octanol–water partition coefficient (Wildman–Crippen LogP) is 4.80. The molecule has 0 fully saturated rings. The molecule has 0 unspecified atom stereocenters. The van der Waals surface area contributed by atoms with Crippen molar-refractivity contribution in [2.75, 3.05) is 81.3 Å². The van der Waals surface area contributed by atoms with E-state index < -0.39 is 5.60 Å². The van der Waals surface area contributed by atoms with E-state index in [1.165, 1.54) is 6.26 Å². The smallest absolute Gasteiger partial charge is 0.200 e. The molecule has 0 aliphatic rings. The number of rotatable bonds is 22. The molecule has 3 aromatic rings. The van der Waals surface area contributed by atoms with Gasteiger partial charge in [-0.25, -0.2) is 0 Å². The van der Waals surface area contributed by atoms with Crippen molar-refractivity contribution >= 4 is 11.0 Å². The zero-order chi connectivity index (χ0) is 31.8. The Morgan fingerprint density at radius 2 is 1.32 bits per heavy atom. The maximum atomic E-state index is 13.8. The van der Waals surface area contributed by atoms with E-state index in [0.717, 1.165) is 0 Å². The summed E-state index contributed by atoms with van der Waals surface area (Å²) < 4.78 is 61.0. The SMILES string of the molecule is C=CC(C)(C)Oc1cc(-c2coc3cc(OCOCCOC)ccc3c2=O)c(OCOCCOC)cc1OCOCCOC. The molecule has 0 aliphatic heterocycles. The van der Waals surface area contributed by atoms with Gasteiger partial charge in [0.1, 0.15) is 28.9 Å². The fourth-order valence-corrected chi connectivity index (χ4v) is 3.70. The van der Waals surface area contributed by atoms with E-state index in [-0.39, 0.29) is 31.4 Å². The van der Waals surface area contributed by atoms with E-state index in [0.29, 0.717) is 79.2 Å². The summed E-state index contributed by atoms with van der Waals surface area (Å²) in [7, 11) is 4.75. The molecular weight excluding hydrogens is 576 g/mol. The van der Waals surface area contributed by atoms with Gasteiger partial charge in [0.15, 0.2) is 31.9 Å². The Morgan fingerprint density at radius 1 is 0.727 bits per heavy atom. The fraction of sp³-hybridized carbons (Fsp3) is 0.469. The summed E-state index contributed by atoms with van der Waals surface area (Å²) in [6.45, 7) is 9.71. The predicted molar refractivity (Wildman–Crippen MR) is 163 cm³/mol. The Morgan fingerprint density at radius 3 is 1.91 bits per heavy atom. The van der Waals surface area contributed by atoms with Gasteiger partial charge >= 0.3 is 0 Å². The third-order valence-corrected chi connectivity index (χ3v) is 6.15. The number of fused-ring (bicyclic) bond motifs is 1. The van der Waals surface area contributed by atoms with Gasteiger partial charge < -0.3 is 51.8 Å². The Bertz CT molecular complexity index is 1370. The summed E-state index contributed by atoms with van der Waals surface area (Å²) in [5, 5.41) is 0.346. The van der Waals surface area contributed by atoms with Gasteiger partial charge in [-0.3, -0.25) is 4.79 Å². The zero-order valence-corrected chi connectivity index (χ0v) is 26.0. The first kappa shape index (κ1) is 34.8. The summed E-state index contributed by atoms with van der Waals surface area (Å²) in [5.74, 6) is 1.45. The quantitative estimate of drug-likeness (QED) is 0.0873. The minimum Gasteiger partial charge on any atom is -0.480 e. The molecule has 0 saturated heterocycles. The number of benzene rings is 2. The van der Waals surface area contributed by atoms with Gasteiger partial charge in [0.25, 0.3) is 0 Å². The molecule has 1 heterocycles. The van der Waals surface area contributed by atoms with Crippen LogP contribution >= 0.6 is 0 Å². The van der Waals surface area contributed by atoms with Crippen LogP contribution in [-0.4, -0.2) is 87.0 Å². The maximum absolute atomic E-state index is 13.8. The monoisotopic (exact) mass is 618 g/mol. The van der Waals surface area contributed by atoms with E-state index in [2.05, 4.69) is 6.58 Å². The Kier molecular flexibility index (Phi) is 14.4. The number of ether oxygens (including phenoxy) is 10. The second kappa shape index (κ2) is 18.2. The van der Waals surface area contributed by atoms with Crippen LogP contribution in [0.5, 0.6) is 23.0 Å². The van der Waals surface area contributed by atoms with Crippen molar-refractivity contribution in [2.45, 2.75) is 19.4 Å². The lowest BCUT2D eigenvalue weighted by Gasteiger charge is -2.25. The molecule has 1 aromatic heterocycles. The van der Waals surface area contributed by atoms with Crippen LogP contribution in [0, 0.1) is 0 Å². The van der Waals surface area contributed by atoms with E-state index in [4.69, 9.17) is 51.8 Å². The van der Waals surface area contributed by atoms with Crippen LogP contribution in [0.15, 0.2) is 58.5 Å². The Labute approximate surface area is 257 Å². The topological polar surface area (TPSA) is 123 Å². The van der Waals surface area contributed by atoms with Gasteiger partial charge in [0, 0.05) is 39.0 Å². The molecule has 0 bridgehead atoms. The van der Waals surface area contributed by atoms with Crippen molar-refractivity contribution in [3.05, 3.63) is 59.5 Å². The van der Waals surface area contributed by atoms with E-state index in [1.807, 2.05) is 13.8 Å². The molecule has 0 N–H and O–H groups in total. The largest absolute Gasteiger partial charge is 0.480 e. The van der Waals surface area contributed by atoms with Crippen molar-refractivity contribution in [1.82, 2.24) is 0 Å². The molecule has 0 aliphatic carbocycles. The third kappa shape index (κ3) is 10.5. The van der Waals surface area contributed by atoms with Gasteiger partial charge in [0.05, 0.1) is 50.6 Å². The average molecular weight is 619 g/mol. The lowest BCUT2D eigenvalue weighted by Crippen LogP contribution is -2.25. The summed E-state index contributed by atoms with van der Waals surface area (Å²) in [4.78, 5) is 13.8. The lowest BCUT2D eigenvalue weighted by atomic mass is 10.0. The minimum absolute atomic E-state index is 0.0278. The van der Waals surface area contributed by atoms with Crippen LogP contribution in [0.1, 0.15) is 13.8 Å².